The molecule has 1 saturated heterocycles. The first kappa shape index (κ1) is 18.4. The number of rotatable bonds is 8. The summed E-state index contributed by atoms with van der Waals surface area (Å²) in [5.41, 5.74) is 9.11. The van der Waals surface area contributed by atoms with Gasteiger partial charge in [0.25, 0.3) is 6.47 Å². The molecular formula is C21H32N2O2. The lowest BCUT2D eigenvalue weighted by Crippen LogP contribution is -2.38. The molecule has 0 aromatic heterocycles. The van der Waals surface area contributed by atoms with Crippen LogP contribution >= 0.6 is 0 Å². The van der Waals surface area contributed by atoms with E-state index in [1.807, 2.05) is 0 Å². The molecule has 0 spiro atoms. The molecule has 0 saturated carbocycles. The summed E-state index contributed by atoms with van der Waals surface area (Å²) in [6.07, 6.45) is 7.21. The first-order valence-electron chi connectivity index (χ1n) is 9.87. The Morgan fingerprint density at radius 1 is 1.16 bits per heavy atom. The first-order valence-corrected chi connectivity index (χ1v) is 9.87. The number of benzene rings is 1. The smallest absolute Gasteiger partial charge is 0.293 e. The number of carbonyl (C=O) groups excluding carboxylic acids is 1. The predicted molar refractivity (Wildman–Crippen MR) is 100 cm³/mol. The number of hydrogen-bond donors (Lipinski definition) is 1. The molecular weight excluding hydrogens is 312 g/mol. The largest absolute Gasteiger partial charge is 0.468 e. The average molecular weight is 344 g/mol. The van der Waals surface area contributed by atoms with Crippen LogP contribution in [0.3, 0.4) is 0 Å². The Morgan fingerprint density at radius 2 is 1.96 bits per heavy atom. The van der Waals surface area contributed by atoms with Gasteiger partial charge >= 0.3 is 0 Å². The number of ether oxygens (including phenoxy) is 1. The fraction of sp³-hybridized carbons (Fsp3) is 0.667. The number of piperidine rings is 1. The second kappa shape index (κ2) is 9.35. The van der Waals surface area contributed by atoms with Crippen LogP contribution in [-0.2, 0) is 16.0 Å². The van der Waals surface area contributed by atoms with Gasteiger partial charge in [-0.25, -0.2) is 0 Å². The summed E-state index contributed by atoms with van der Waals surface area (Å²) in [5.74, 6) is 2.19. The minimum atomic E-state index is 0.544. The van der Waals surface area contributed by atoms with Crippen molar-refractivity contribution in [1.82, 2.24) is 4.90 Å². The van der Waals surface area contributed by atoms with E-state index in [4.69, 9.17) is 10.5 Å². The van der Waals surface area contributed by atoms with Crippen LogP contribution in [-0.4, -0.2) is 44.2 Å². The zero-order chi connectivity index (χ0) is 17.5. The van der Waals surface area contributed by atoms with E-state index < -0.39 is 0 Å². The van der Waals surface area contributed by atoms with Crippen LogP contribution in [0.1, 0.15) is 49.1 Å². The molecule has 2 unspecified atom stereocenters. The van der Waals surface area contributed by atoms with E-state index in [-0.39, 0.29) is 0 Å². The summed E-state index contributed by atoms with van der Waals surface area (Å²) in [6, 6.07) is 8.91. The Kier molecular flexibility index (Phi) is 6.88. The average Bonchev–Trinajstić information content (AvgIpc) is 2.67. The molecule has 0 bridgehead atoms. The Labute approximate surface area is 151 Å². The molecule has 1 aliphatic carbocycles. The molecule has 2 atom stereocenters. The maximum atomic E-state index is 10.1. The van der Waals surface area contributed by atoms with Crippen molar-refractivity contribution in [3.63, 3.8) is 0 Å². The Morgan fingerprint density at radius 3 is 2.72 bits per heavy atom. The van der Waals surface area contributed by atoms with Crippen molar-refractivity contribution >= 4 is 6.47 Å². The van der Waals surface area contributed by atoms with Gasteiger partial charge in [0.05, 0.1) is 6.61 Å². The highest BCUT2D eigenvalue weighted by molar-refractivity contribution is 5.36. The minimum absolute atomic E-state index is 0.544. The molecule has 4 heteroatoms. The van der Waals surface area contributed by atoms with Crippen LogP contribution in [0.2, 0.25) is 0 Å². The van der Waals surface area contributed by atoms with E-state index in [1.54, 1.807) is 0 Å². The summed E-state index contributed by atoms with van der Waals surface area (Å²) in [7, 11) is 0. The lowest BCUT2D eigenvalue weighted by molar-refractivity contribution is -0.128. The quantitative estimate of drug-likeness (QED) is 0.582. The second-order valence-electron chi connectivity index (χ2n) is 7.68. The van der Waals surface area contributed by atoms with Gasteiger partial charge < -0.3 is 15.4 Å². The molecule has 138 valence electrons. The van der Waals surface area contributed by atoms with E-state index >= 15 is 0 Å². The Bertz CT molecular complexity index is 540. The molecule has 1 aliphatic heterocycles. The molecule has 3 rings (SSSR count). The van der Waals surface area contributed by atoms with Gasteiger partial charge in [0.2, 0.25) is 0 Å². The normalized spacial score (nSPS) is 24.7. The van der Waals surface area contributed by atoms with Gasteiger partial charge in [-0.15, -0.1) is 0 Å². The highest BCUT2D eigenvalue weighted by atomic mass is 16.5. The highest BCUT2D eigenvalue weighted by Crippen LogP contribution is 2.40. The van der Waals surface area contributed by atoms with Gasteiger partial charge in [-0.3, -0.25) is 4.79 Å². The van der Waals surface area contributed by atoms with Crippen molar-refractivity contribution in [2.24, 2.45) is 17.6 Å². The van der Waals surface area contributed by atoms with E-state index in [9.17, 15) is 4.79 Å². The molecule has 1 fully saturated rings. The maximum Gasteiger partial charge on any atom is 0.293 e. The lowest BCUT2D eigenvalue weighted by atomic mass is 9.69. The van der Waals surface area contributed by atoms with E-state index in [0.29, 0.717) is 19.0 Å². The molecule has 0 amide bonds. The van der Waals surface area contributed by atoms with Crippen LogP contribution in [0.4, 0.5) is 0 Å². The van der Waals surface area contributed by atoms with Gasteiger partial charge in [0, 0.05) is 0 Å². The number of fused-ring (bicyclic) bond motifs is 1. The van der Waals surface area contributed by atoms with E-state index in [1.165, 1.54) is 49.9 Å². The fourth-order valence-corrected chi connectivity index (χ4v) is 4.78. The number of carbonyl (C=O) groups is 1. The summed E-state index contributed by atoms with van der Waals surface area (Å²) < 4.78 is 4.76. The van der Waals surface area contributed by atoms with Crippen molar-refractivity contribution in [3.8, 4) is 0 Å². The Balaban J connectivity index is 1.46. The summed E-state index contributed by atoms with van der Waals surface area (Å²) in [6.45, 7) is 5.43. The topological polar surface area (TPSA) is 55.6 Å². The van der Waals surface area contributed by atoms with Crippen LogP contribution < -0.4 is 5.73 Å². The van der Waals surface area contributed by atoms with Crippen LogP contribution in [0.5, 0.6) is 0 Å². The van der Waals surface area contributed by atoms with Crippen molar-refractivity contribution in [3.05, 3.63) is 35.4 Å². The fourth-order valence-electron chi connectivity index (χ4n) is 4.78. The van der Waals surface area contributed by atoms with Gasteiger partial charge in [-0.2, -0.15) is 0 Å². The van der Waals surface area contributed by atoms with E-state index in [2.05, 4.69) is 29.2 Å². The monoisotopic (exact) mass is 344 g/mol. The van der Waals surface area contributed by atoms with Crippen molar-refractivity contribution in [2.75, 3.05) is 32.8 Å². The SMILES string of the molecule is NCC1CC(C2CCN(CCCCOC=O)CC2)Cc2ccccc21. The molecule has 0 radical (unpaired) electrons. The van der Waals surface area contributed by atoms with Gasteiger partial charge in [-0.1, -0.05) is 24.3 Å². The minimum Gasteiger partial charge on any atom is -0.468 e. The maximum absolute atomic E-state index is 10.1. The summed E-state index contributed by atoms with van der Waals surface area (Å²) >= 11 is 0. The molecule has 1 heterocycles. The molecule has 4 nitrogen and oxygen atoms in total. The van der Waals surface area contributed by atoms with Gasteiger partial charge in [0.15, 0.2) is 0 Å². The van der Waals surface area contributed by atoms with Crippen LogP contribution in [0.15, 0.2) is 24.3 Å². The van der Waals surface area contributed by atoms with Crippen molar-refractivity contribution in [1.29, 1.82) is 0 Å². The molecule has 2 N–H and O–H groups in total. The summed E-state index contributed by atoms with van der Waals surface area (Å²) in [5, 5.41) is 0. The summed E-state index contributed by atoms with van der Waals surface area (Å²) in [4.78, 5) is 12.7. The third kappa shape index (κ3) is 4.83. The van der Waals surface area contributed by atoms with Gasteiger partial charge in [0.1, 0.15) is 0 Å². The standard InChI is InChI=1S/C21H32N2O2/c22-15-20-14-19(13-18-5-1-2-6-21(18)20)17-7-10-23(11-8-17)9-3-4-12-25-16-24/h1-2,5-6,16-17,19-20H,3-4,7-15,22H2. The van der Waals surface area contributed by atoms with Crippen molar-refractivity contribution in [2.45, 2.75) is 44.4 Å². The number of nitrogens with zero attached hydrogens (tertiary/aromatic N) is 1. The lowest BCUT2D eigenvalue weighted by Gasteiger charge is -2.40. The Hall–Kier alpha value is -1.39. The zero-order valence-corrected chi connectivity index (χ0v) is 15.2. The zero-order valence-electron chi connectivity index (χ0n) is 15.2. The second-order valence-corrected chi connectivity index (χ2v) is 7.68. The first-order chi connectivity index (χ1) is 12.3. The molecule has 1 aromatic rings. The van der Waals surface area contributed by atoms with Crippen molar-refractivity contribution < 1.29 is 9.53 Å². The third-order valence-corrected chi connectivity index (χ3v) is 6.20. The van der Waals surface area contributed by atoms with E-state index in [0.717, 1.165) is 37.8 Å². The number of likely N-dealkylation sites (tertiary alicyclic amines) is 1. The number of unbranched alkanes of at least 4 members (excludes halogenated alkanes) is 1. The third-order valence-electron chi connectivity index (χ3n) is 6.20. The number of nitrogens with two attached hydrogens (primary N) is 1. The molecule has 1 aromatic carbocycles. The highest BCUT2D eigenvalue weighted by Gasteiger charge is 2.32. The molecule has 2 aliphatic rings. The van der Waals surface area contributed by atoms with Crippen LogP contribution in [0, 0.1) is 11.8 Å². The number of hydrogen-bond acceptors (Lipinski definition) is 4. The van der Waals surface area contributed by atoms with Crippen LogP contribution in [0.25, 0.3) is 0 Å². The van der Waals surface area contributed by atoms with Gasteiger partial charge in [-0.05, 0) is 93.6 Å². The molecule has 25 heavy (non-hydrogen) atoms. The predicted octanol–water partition coefficient (Wildman–Crippen LogP) is 2.96.